The molecule has 0 aliphatic heterocycles. The van der Waals surface area contributed by atoms with Gasteiger partial charge in [-0.05, 0) is 49.9 Å². The third-order valence-corrected chi connectivity index (χ3v) is 4.87. The molecule has 0 saturated heterocycles. The Balaban J connectivity index is 1.49. The van der Waals surface area contributed by atoms with Crippen molar-refractivity contribution in [3.05, 3.63) is 58.3 Å². The topological polar surface area (TPSA) is 70.8 Å². The molecule has 0 amide bonds. The Kier molecular flexibility index (Phi) is 5.97. The van der Waals surface area contributed by atoms with E-state index in [0.717, 1.165) is 31.4 Å². The smallest absolute Gasteiger partial charge is 0.151 e. The summed E-state index contributed by atoms with van der Waals surface area (Å²) in [5.41, 5.74) is 1.90. The number of aromatic nitrogens is 2. The van der Waals surface area contributed by atoms with E-state index in [1.54, 1.807) is 30.3 Å². The van der Waals surface area contributed by atoms with Gasteiger partial charge in [-0.3, -0.25) is 0 Å². The van der Waals surface area contributed by atoms with Gasteiger partial charge in [-0.15, -0.1) is 10.2 Å². The Morgan fingerprint density at radius 3 is 2.54 bits per heavy atom. The van der Waals surface area contributed by atoms with Crippen molar-refractivity contribution in [2.75, 3.05) is 0 Å². The fourth-order valence-electron chi connectivity index (χ4n) is 2.97. The van der Waals surface area contributed by atoms with Crippen LogP contribution in [0, 0.1) is 11.3 Å². The normalized spacial score (nSPS) is 19.4. The van der Waals surface area contributed by atoms with Crippen LogP contribution in [0.5, 0.6) is 5.75 Å². The van der Waals surface area contributed by atoms with Crippen molar-refractivity contribution in [1.82, 2.24) is 15.5 Å². The van der Waals surface area contributed by atoms with E-state index in [0.29, 0.717) is 33.2 Å². The molecule has 26 heavy (non-hydrogen) atoms. The van der Waals surface area contributed by atoms with E-state index in [-0.39, 0.29) is 6.10 Å². The van der Waals surface area contributed by atoms with Crippen molar-refractivity contribution in [3.8, 4) is 11.8 Å². The van der Waals surface area contributed by atoms with E-state index in [2.05, 4.69) is 22.1 Å². The molecule has 0 unspecified atom stereocenters. The number of halogens is 2. The highest BCUT2D eigenvalue weighted by atomic mass is 35.5. The van der Waals surface area contributed by atoms with Crippen LogP contribution in [-0.2, 0) is 0 Å². The summed E-state index contributed by atoms with van der Waals surface area (Å²) in [6.45, 7) is 4.03. The molecule has 2 aromatic rings. The van der Waals surface area contributed by atoms with Crippen molar-refractivity contribution in [2.24, 2.45) is 0 Å². The lowest BCUT2D eigenvalue weighted by Crippen LogP contribution is -2.35. The molecule has 1 heterocycles. The molecule has 1 aliphatic carbocycles. The maximum Gasteiger partial charge on any atom is 0.151 e. The van der Waals surface area contributed by atoms with Gasteiger partial charge in [0.05, 0.1) is 22.4 Å². The average Bonchev–Trinajstić information content (AvgIpc) is 2.64. The molecule has 1 aliphatic rings. The van der Waals surface area contributed by atoms with Crippen LogP contribution in [-0.4, -0.2) is 22.3 Å². The third kappa shape index (κ3) is 4.66. The van der Waals surface area contributed by atoms with Crippen molar-refractivity contribution in [2.45, 2.75) is 37.8 Å². The van der Waals surface area contributed by atoms with Gasteiger partial charge in [0.25, 0.3) is 0 Å². The van der Waals surface area contributed by atoms with Gasteiger partial charge in [0.15, 0.2) is 5.15 Å². The second-order valence-electron chi connectivity index (χ2n) is 6.21. The van der Waals surface area contributed by atoms with E-state index in [9.17, 15) is 0 Å². The molecule has 5 nitrogen and oxygen atoms in total. The average molecular weight is 389 g/mol. The highest BCUT2D eigenvalue weighted by molar-refractivity contribution is 6.31. The number of nitrogens with zero attached hydrogens (tertiary/aromatic N) is 3. The van der Waals surface area contributed by atoms with E-state index in [4.69, 9.17) is 33.2 Å². The lowest BCUT2D eigenvalue weighted by molar-refractivity contribution is 0.143. The molecule has 134 valence electrons. The van der Waals surface area contributed by atoms with Crippen LogP contribution in [0.25, 0.3) is 5.70 Å². The minimum atomic E-state index is 0.139. The highest BCUT2D eigenvalue weighted by Gasteiger charge is 2.23. The first kappa shape index (κ1) is 18.5. The van der Waals surface area contributed by atoms with Crippen LogP contribution < -0.4 is 10.1 Å². The standard InChI is InChI=1S/C19H18Cl2N4O/c1-12(18-8-9-19(21)25-24-18)23-14-3-6-15(7-4-14)26-16-5-2-13(11-22)17(20)10-16/h2,5,8-10,14-15,23H,1,3-4,6-7H2. The van der Waals surface area contributed by atoms with Gasteiger partial charge in [-0.25, -0.2) is 0 Å². The van der Waals surface area contributed by atoms with Crippen molar-refractivity contribution in [3.63, 3.8) is 0 Å². The number of rotatable bonds is 5. The fraction of sp³-hybridized carbons (Fsp3) is 0.316. The van der Waals surface area contributed by atoms with E-state index < -0.39 is 0 Å². The van der Waals surface area contributed by atoms with Crippen LogP contribution in [0.1, 0.15) is 36.9 Å². The molecule has 1 N–H and O–H groups in total. The summed E-state index contributed by atoms with van der Waals surface area (Å²) >= 11 is 11.8. The summed E-state index contributed by atoms with van der Waals surface area (Å²) in [7, 11) is 0. The minimum Gasteiger partial charge on any atom is -0.490 e. The number of hydrogen-bond acceptors (Lipinski definition) is 5. The second-order valence-corrected chi connectivity index (χ2v) is 7.00. The zero-order valence-electron chi connectivity index (χ0n) is 14.1. The quantitative estimate of drug-likeness (QED) is 0.809. The molecule has 0 atom stereocenters. The SMILES string of the molecule is C=C(NC1CCC(Oc2ccc(C#N)c(Cl)c2)CC1)c1ccc(Cl)nn1. The predicted octanol–water partition coefficient (Wildman–Crippen LogP) is 4.61. The fourth-order valence-corrected chi connectivity index (χ4v) is 3.29. The first-order valence-electron chi connectivity index (χ1n) is 8.36. The van der Waals surface area contributed by atoms with Crippen LogP contribution >= 0.6 is 23.2 Å². The van der Waals surface area contributed by atoms with Crippen molar-refractivity contribution < 1.29 is 4.74 Å². The second kappa shape index (κ2) is 8.39. The zero-order chi connectivity index (χ0) is 18.5. The summed E-state index contributed by atoms with van der Waals surface area (Å²) in [6.07, 6.45) is 3.92. The Bertz CT molecular complexity index is 824. The van der Waals surface area contributed by atoms with Crippen LogP contribution in [0.2, 0.25) is 10.2 Å². The Hall–Kier alpha value is -2.29. The van der Waals surface area contributed by atoms with Gasteiger partial charge in [0, 0.05) is 12.1 Å². The number of nitrogens with one attached hydrogen (secondary N) is 1. The van der Waals surface area contributed by atoms with Crippen molar-refractivity contribution in [1.29, 1.82) is 5.26 Å². The molecule has 3 rings (SSSR count). The molecule has 1 aromatic carbocycles. The monoisotopic (exact) mass is 388 g/mol. The predicted molar refractivity (Wildman–Crippen MR) is 102 cm³/mol. The summed E-state index contributed by atoms with van der Waals surface area (Å²) < 4.78 is 6.01. The summed E-state index contributed by atoms with van der Waals surface area (Å²) in [5.74, 6) is 0.700. The molecule has 0 radical (unpaired) electrons. The lowest BCUT2D eigenvalue weighted by Gasteiger charge is -2.30. The van der Waals surface area contributed by atoms with Gasteiger partial charge in [0.1, 0.15) is 17.5 Å². The Morgan fingerprint density at radius 2 is 1.92 bits per heavy atom. The molecule has 1 saturated carbocycles. The zero-order valence-corrected chi connectivity index (χ0v) is 15.6. The van der Waals surface area contributed by atoms with E-state index >= 15 is 0 Å². The van der Waals surface area contributed by atoms with Gasteiger partial charge in [0.2, 0.25) is 0 Å². The van der Waals surface area contributed by atoms with Crippen molar-refractivity contribution >= 4 is 28.9 Å². The van der Waals surface area contributed by atoms with E-state index in [1.807, 2.05) is 6.07 Å². The maximum absolute atomic E-state index is 8.92. The first-order chi connectivity index (χ1) is 12.5. The largest absolute Gasteiger partial charge is 0.490 e. The van der Waals surface area contributed by atoms with Crippen LogP contribution in [0.15, 0.2) is 36.9 Å². The lowest BCUT2D eigenvalue weighted by atomic mass is 9.92. The Morgan fingerprint density at radius 1 is 1.15 bits per heavy atom. The summed E-state index contributed by atoms with van der Waals surface area (Å²) in [4.78, 5) is 0. The van der Waals surface area contributed by atoms with E-state index in [1.165, 1.54) is 0 Å². The molecule has 1 fully saturated rings. The van der Waals surface area contributed by atoms with Gasteiger partial charge in [-0.2, -0.15) is 5.26 Å². The summed E-state index contributed by atoms with van der Waals surface area (Å²) in [5, 5.41) is 21.0. The van der Waals surface area contributed by atoms with Gasteiger partial charge >= 0.3 is 0 Å². The molecule has 7 heteroatoms. The first-order valence-corrected chi connectivity index (χ1v) is 9.12. The number of nitriles is 1. The van der Waals surface area contributed by atoms with Crippen LogP contribution in [0.3, 0.4) is 0 Å². The molecular weight excluding hydrogens is 371 g/mol. The number of benzene rings is 1. The summed E-state index contributed by atoms with van der Waals surface area (Å²) in [6, 6.07) is 11.0. The number of ether oxygens (including phenoxy) is 1. The Labute approximate surface area is 162 Å². The van der Waals surface area contributed by atoms with Gasteiger partial charge < -0.3 is 10.1 Å². The molecule has 0 spiro atoms. The molecule has 0 bridgehead atoms. The third-order valence-electron chi connectivity index (χ3n) is 4.36. The maximum atomic E-state index is 8.92. The van der Waals surface area contributed by atoms with Crippen LogP contribution in [0.4, 0.5) is 0 Å². The minimum absolute atomic E-state index is 0.139. The van der Waals surface area contributed by atoms with Gasteiger partial charge in [-0.1, -0.05) is 29.8 Å². The highest BCUT2D eigenvalue weighted by Crippen LogP contribution is 2.27. The molecular formula is C19H18Cl2N4O. The molecule has 1 aromatic heterocycles. The number of hydrogen-bond donors (Lipinski definition) is 1.